The first-order valence-electron chi connectivity index (χ1n) is 5.93. The second-order valence-electron chi connectivity index (χ2n) is 3.97. The molecule has 2 aromatic rings. The van der Waals surface area contributed by atoms with Gasteiger partial charge in [0, 0.05) is 15.6 Å². The highest BCUT2D eigenvalue weighted by Crippen LogP contribution is 2.16. The van der Waals surface area contributed by atoms with E-state index in [0.717, 1.165) is 5.56 Å². The van der Waals surface area contributed by atoms with Crippen molar-refractivity contribution in [3.63, 3.8) is 0 Å². The quantitative estimate of drug-likeness (QED) is 0.604. The Morgan fingerprint density at radius 3 is 2.05 bits per heavy atom. The van der Waals surface area contributed by atoms with Crippen molar-refractivity contribution in [2.45, 2.75) is 0 Å². The fourth-order valence-electron chi connectivity index (χ4n) is 1.60. The van der Waals surface area contributed by atoms with Crippen LogP contribution < -0.4 is 4.74 Å². The van der Waals surface area contributed by atoms with Crippen molar-refractivity contribution in [1.82, 2.24) is 0 Å². The molecule has 2 rings (SSSR count). The van der Waals surface area contributed by atoms with E-state index in [9.17, 15) is 0 Å². The van der Waals surface area contributed by atoms with Crippen LogP contribution in [0.15, 0.2) is 53.7 Å². The summed E-state index contributed by atoms with van der Waals surface area (Å²) in [6.07, 6.45) is 0. The SMILES string of the molecule is CON=C(COc1ccc(Cl)cc1)c1ccc(Cl)cc1. The Morgan fingerprint density at radius 1 is 0.950 bits per heavy atom. The Hall–Kier alpha value is -1.71. The lowest BCUT2D eigenvalue weighted by Crippen LogP contribution is -2.13. The van der Waals surface area contributed by atoms with Crippen LogP contribution >= 0.6 is 23.2 Å². The zero-order valence-corrected chi connectivity index (χ0v) is 12.4. The van der Waals surface area contributed by atoms with Gasteiger partial charge in [-0.1, -0.05) is 40.5 Å². The molecule has 0 heterocycles. The fourth-order valence-corrected chi connectivity index (χ4v) is 1.85. The van der Waals surface area contributed by atoms with Crippen molar-refractivity contribution >= 4 is 28.9 Å². The van der Waals surface area contributed by atoms with Gasteiger partial charge in [-0.3, -0.25) is 0 Å². The molecule has 0 radical (unpaired) electrons. The molecule has 20 heavy (non-hydrogen) atoms. The highest BCUT2D eigenvalue weighted by atomic mass is 35.5. The maximum absolute atomic E-state index is 5.87. The van der Waals surface area contributed by atoms with Gasteiger partial charge < -0.3 is 9.57 Å². The largest absolute Gasteiger partial charge is 0.487 e. The molecule has 2 aromatic carbocycles. The minimum Gasteiger partial charge on any atom is -0.487 e. The van der Waals surface area contributed by atoms with Crippen LogP contribution in [-0.4, -0.2) is 19.4 Å². The first-order valence-corrected chi connectivity index (χ1v) is 6.69. The lowest BCUT2D eigenvalue weighted by Gasteiger charge is -2.09. The van der Waals surface area contributed by atoms with Crippen molar-refractivity contribution in [3.8, 4) is 5.75 Å². The smallest absolute Gasteiger partial charge is 0.134 e. The van der Waals surface area contributed by atoms with Crippen molar-refractivity contribution < 1.29 is 9.57 Å². The standard InChI is InChI=1S/C15H13Cl2NO2/c1-19-18-15(11-2-4-12(16)5-3-11)10-20-14-8-6-13(17)7-9-14/h2-9H,10H2,1H3. The molecular weight excluding hydrogens is 297 g/mol. The lowest BCUT2D eigenvalue weighted by molar-refractivity contribution is 0.210. The van der Waals surface area contributed by atoms with Crippen LogP contribution in [0.5, 0.6) is 5.75 Å². The molecule has 0 N–H and O–H groups in total. The summed E-state index contributed by atoms with van der Waals surface area (Å²) in [6, 6.07) is 14.5. The Kier molecular flexibility index (Phi) is 5.27. The molecule has 0 saturated heterocycles. The molecule has 0 aliphatic heterocycles. The molecular formula is C15H13Cl2NO2. The molecule has 0 aliphatic rings. The van der Waals surface area contributed by atoms with Crippen LogP contribution in [0.25, 0.3) is 0 Å². The van der Waals surface area contributed by atoms with Crippen molar-refractivity contribution in [2.75, 3.05) is 13.7 Å². The summed E-state index contributed by atoms with van der Waals surface area (Å²) in [5, 5.41) is 5.32. The molecule has 5 heteroatoms. The topological polar surface area (TPSA) is 30.8 Å². The fraction of sp³-hybridized carbons (Fsp3) is 0.133. The van der Waals surface area contributed by atoms with Gasteiger partial charge in [-0.05, 0) is 36.4 Å². The van der Waals surface area contributed by atoms with Gasteiger partial charge in [0.25, 0.3) is 0 Å². The minimum atomic E-state index is 0.289. The number of ether oxygens (including phenoxy) is 1. The van der Waals surface area contributed by atoms with Gasteiger partial charge in [-0.15, -0.1) is 0 Å². The number of halogens is 2. The minimum absolute atomic E-state index is 0.289. The molecule has 0 spiro atoms. The van der Waals surface area contributed by atoms with Crippen LogP contribution in [0.4, 0.5) is 0 Å². The van der Waals surface area contributed by atoms with Crippen molar-refractivity contribution in [2.24, 2.45) is 5.16 Å². The predicted molar refractivity (Wildman–Crippen MR) is 81.9 cm³/mol. The molecule has 0 unspecified atom stereocenters. The number of hydrogen-bond acceptors (Lipinski definition) is 3. The van der Waals surface area contributed by atoms with Crippen molar-refractivity contribution in [1.29, 1.82) is 0 Å². The summed E-state index contributed by atoms with van der Waals surface area (Å²) in [7, 11) is 1.50. The zero-order chi connectivity index (χ0) is 14.4. The molecule has 3 nitrogen and oxygen atoms in total. The van der Waals surface area contributed by atoms with Crippen LogP contribution in [-0.2, 0) is 4.84 Å². The molecule has 0 atom stereocenters. The predicted octanol–water partition coefficient (Wildman–Crippen LogP) is 4.42. The molecule has 0 aromatic heterocycles. The van der Waals surface area contributed by atoms with Gasteiger partial charge in [0.2, 0.25) is 0 Å². The van der Waals surface area contributed by atoms with E-state index in [0.29, 0.717) is 21.5 Å². The second kappa shape index (κ2) is 7.17. The third-order valence-electron chi connectivity index (χ3n) is 2.57. The number of rotatable bonds is 5. The van der Waals surface area contributed by atoms with Crippen LogP contribution in [0.1, 0.15) is 5.56 Å². The number of nitrogens with zero attached hydrogens (tertiary/aromatic N) is 1. The van der Waals surface area contributed by atoms with E-state index in [1.807, 2.05) is 12.1 Å². The lowest BCUT2D eigenvalue weighted by atomic mass is 10.1. The van der Waals surface area contributed by atoms with E-state index in [-0.39, 0.29) is 6.61 Å². The maximum Gasteiger partial charge on any atom is 0.134 e. The summed E-state index contributed by atoms with van der Waals surface area (Å²) >= 11 is 11.7. The average Bonchev–Trinajstić information content (AvgIpc) is 2.46. The molecule has 0 aliphatic carbocycles. The molecule has 0 saturated carbocycles. The first kappa shape index (κ1) is 14.7. The molecule has 0 fully saturated rings. The van der Waals surface area contributed by atoms with Crippen LogP contribution in [0.3, 0.4) is 0 Å². The average molecular weight is 310 g/mol. The van der Waals surface area contributed by atoms with E-state index in [2.05, 4.69) is 5.16 Å². The van der Waals surface area contributed by atoms with Gasteiger partial charge in [-0.25, -0.2) is 0 Å². The second-order valence-corrected chi connectivity index (χ2v) is 4.84. The van der Waals surface area contributed by atoms with Gasteiger partial charge in [0.1, 0.15) is 25.2 Å². The van der Waals surface area contributed by atoms with Gasteiger partial charge in [0.05, 0.1) is 0 Å². The van der Waals surface area contributed by atoms with E-state index in [4.69, 9.17) is 32.8 Å². The third-order valence-corrected chi connectivity index (χ3v) is 3.07. The van der Waals surface area contributed by atoms with Gasteiger partial charge >= 0.3 is 0 Å². The number of hydrogen-bond donors (Lipinski definition) is 0. The highest BCUT2D eigenvalue weighted by molar-refractivity contribution is 6.30. The molecule has 104 valence electrons. The molecule has 0 bridgehead atoms. The van der Waals surface area contributed by atoms with Gasteiger partial charge in [0.15, 0.2) is 0 Å². The Morgan fingerprint density at radius 2 is 1.50 bits per heavy atom. The van der Waals surface area contributed by atoms with E-state index >= 15 is 0 Å². The van der Waals surface area contributed by atoms with Gasteiger partial charge in [-0.2, -0.15) is 0 Å². The van der Waals surface area contributed by atoms with E-state index < -0.39 is 0 Å². The normalized spacial score (nSPS) is 11.2. The monoisotopic (exact) mass is 309 g/mol. The summed E-state index contributed by atoms with van der Waals surface area (Å²) in [4.78, 5) is 4.85. The summed E-state index contributed by atoms with van der Waals surface area (Å²) in [5.74, 6) is 0.715. The summed E-state index contributed by atoms with van der Waals surface area (Å²) < 4.78 is 5.66. The van der Waals surface area contributed by atoms with Crippen molar-refractivity contribution in [3.05, 3.63) is 64.1 Å². The number of benzene rings is 2. The first-order chi connectivity index (χ1) is 9.69. The number of oxime groups is 1. The zero-order valence-electron chi connectivity index (χ0n) is 10.8. The summed E-state index contributed by atoms with van der Waals surface area (Å²) in [6.45, 7) is 0.289. The van der Waals surface area contributed by atoms with Crippen LogP contribution in [0.2, 0.25) is 10.0 Å². The highest BCUT2D eigenvalue weighted by Gasteiger charge is 2.06. The van der Waals surface area contributed by atoms with E-state index in [1.54, 1.807) is 36.4 Å². The van der Waals surface area contributed by atoms with E-state index in [1.165, 1.54) is 7.11 Å². The Balaban J connectivity index is 2.08. The third kappa shape index (κ3) is 4.15. The Labute approximate surface area is 127 Å². The Bertz CT molecular complexity index is 580. The summed E-state index contributed by atoms with van der Waals surface area (Å²) in [5.41, 5.74) is 1.57. The van der Waals surface area contributed by atoms with Crippen LogP contribution in [0, 0.1) is 0 Å². The maximum atomic E-state index is 5.87. The molecule has 0 amide bonds.